The molecule has 2 aliphatic rings. The molecule has 2 bridgehead atoms. The van der Waals surface area contributed by atoms with E-state index in [1.165, 1.54) is 4.90 Å². The van der Waals surface area contributed by atoms with Crippen molar-refractivity contribution in [3.8, 4) is 5.75 Å². The first-order valence-corrected chi connectivity index (χ1v) is 11.0. The van der Waals surface area contributed by atoms with E-state index < -0.39 is 23.3 Å². The van der Waals surface area contributed by atoms with Gasteiger partial charge in [0.25, 0.3) is 5.91 Å². The van der Waals surface area contributed by atoms with Gasteiger partial charge in [-0.15, -0.1) is 0 Å². The lowest BCUT2D eigenvalue weighted by Crippen LogP contribution is -2.42. The largest absolute Gasteiger partial charge is 0.493 e. The van der Waals surface area contributed by atoms with Gasteiger partial charge in [-0.3, -0.25) is 9.69 Å². The zero-order chi connectivity index (χ0) is 24.7. The number of fused-ring (bicyclic) bond motifs is 5. The van der Waals surface area contributed by atoms with Crippen LogP contribution in [-0.2, 0) is 28.7 Å². The maximum Gasteiger partial charge on any atom is 0.420 e. The molecule has 8 nitrogen and oxygen atoms in total. The molecule has 5 rings (SSSR count). The molecular formula is C23H21F4N5O3. The van der Waals surface area contributed by atoms with Crippen LogP contribution in [0.2, 0.25) is 0 Å². The van der Waals surface area contributed by atoms with E-state index in [9.17, 15) is 22.4 Å². The van der Waals surface area contributed by atoms with E-state index in [0.717, 1.165) is 6.07 Å². The highest BCUT2D eigenvalue weighted by Gasteiger charge is 2.36. The summed E-state index contributed by atoms with van der Waals surface area (Å²) in [6.45, 7) is 2.22. The van der Waals surface area contributed by atoms with Gasteiger partial charge in [0, 0.05) is 23.9 Å². The Morgan fingerprint density at radius 2 is 1.94 bits per heavy atom. The summed E-state index contributed by atoms with van der Waals surface area (Å²) in [5.41, 5.74) is -0.0239. The van der Waals surface area contributed by atoms with Crippen LogP contribution in [0.1, 0.15) is 29.1 Å². The van der Waals surface area contributed by atoms with Gasteiger partial charge in [0.05, 0.1) is 31.0 Å². The summed E-state index contributed by atoms with van der Waals surface area (Å²) in [5, 5.41) is 3.58. The first kappa shape index (κ1) is 23.2. The van der Waals surface area contributed by atoms with Gasteiger partial charge in [-0.05, 0) is 31.5 Å². The maximum absolute atomic E-state index is 14.1. The molecule has 1 N–H and O–H groups in total. The van der Waals surface area contributed by atoms with Crippen LogP contribution in [0.5, 0.6) is 5.75 Å². The number of anilines is 2. The van der Waals surface area contributed by atoms with Crippen molar-refractivity contribution in [3.63, 3.8) is 0 Å². The first-order chi connectivity index (χ1) is 16.7. The molecule has 0 unspecified atom stereocenters. The molecule has 0 saturated carbocycles. The van der Waals surface area contributed by atoms with E-state index in [1.54, 1.807) is 13.0 Å². The minimum absolute atomic E-state index is 0.0156. The Bertz CT molecular complexity index is 1310. The summed E-state index contributed by atoms with van der Waals surface area (Å²) < 4.78 is 65.6. The molecule has 0 atom stereocenters. The van der Waals surface area contributed by atoms with E-state index in [2.05, 4.69) is 20.3 Å². The second-order valence-electron chi connectivity index (χ2n) is 8.29. The highest BCUT2D eigenvalue weighted by molar-refractivity contribution is 5.98. The third-order valence-corrected chi connectivity index (χ3v) is 5.83. The number of amides is 1. The number of nitrogens with one attached hydrogen (secondary N) is 1. The molecule has 4 heterocycles. The molecule has 3 aromatic rings. The van der Waals surface area contributed by atoms with E-state index in [0.29, 0.717) is 66.1 Å². The molecule has 1 saturated heterocycles. The van der Waals surface area contributed by atoms with Crippen LogP contribution >= 0.6 is 0 Å². The number of nitrogens with zero attached hydrogens (tertiary/aromatic N) is 4. The summed E-state index contributed by atoms with van der Waals surface area (Å²) in [6, 6.07) is 3.13. The van der Waals surface area contributed by atoms with Crippen LogP contribution in [0.4, 0.5) is 29.2 Å². The number of hydrogen-bond donors (Lipinski definition) is 1. The molecule has 1 aromatic carbocycles. The number of carbonyl (C=O) groups excluding carboxylic acids is 1. The van der Waals surface area contributed by atoms with E-state index in [1.807, 2.05) is 0 Å². The van der Waals surface area contributed by atoms with Crippen molar-refractivity contribution < 1.29 is 31.8 Å². The number of carbonyl (C=O) groups is 1. The summed E-state index contributed by atoms with van der Waals surface area (Å²) >= 11 is 0. The lowest BCUT2D eigenvalue weighted by atomic mass is 10.1. The number of alkyl halides is 3. The molecule has 1 amide bonds. The SMILES string of the molecule is Cc1nc(N2CCOCC2=O)cc2c3nc(nc12)CCCOc1c(cc(F)cc1C(F)(F)F)CN3. The Morgan fingerprint density at radius 1 is 1.11 bits per heavy atom. The Balaban J connectivity index is 1.61. The van der Waals surface area contributed by atoms with Gasteiger partial charge >= 0.3 is 6.18 Å². The minimum Gasteiger partial charge on any atom is -0.493 e. The van der Waals surface area contributed by atoms with Crippen LogP contribution in [0.25, 0.3) is 10.9 Å². The third kappa shape index (κ3) is 4.57. The molecule has 184 valence electrons. The highest BCUT2D eigenvalue weighted by Crippen LogP contribution is 2.40. The summed E-state index contributed by atoms with van der Waals surface area (Å²) in [6.07, 6.45) is -4.07. The molecular weight excluding hydrogens is 470 g/mol. The van der Waals surface area contributed by atoms with Gasteiger partial charge < -0.3 is 14.8 Å². The van der Waals surface area contributed by atoms with Gasteiger partial charge in [-0.2, -0.15) is 13.2 Å². The number of benzene rings is 1. The quantitative estimate of drug-likeness (QED) is 0.518. The number of aromatic nitrogens is 3. The predicted molar refractivity (Wildman–Crippen MR) is 118 cm³/mol. The molecule has 0 radical (unpaired) electrons. The average molecular weight is 491 g/mol. The van der Waals surface area contributed by atoms with Crippen molar-refractivity contribution in [1.82, 2.24) is 15.0 Å². The molecule has 1 fully saturated rings. The number of pyridine rings is 1. The topological polar surface area (TPSA) is 89.5 Å². The Labute approximate surface area is 197 Å². The second kappa shape index (κ2) is 8.91. The van der Waals surface area contributed by atoms with Crippen LogP contribution in [0.3, 0.4) is 0 Å². The average Bonchev–Trinajstić information content (AvgIpc) is 2.83. The lowest BCUT2D eigenvalue weighted by Gasteiger charge is -2.26. The lowest BCUT2D eigenvalue weighted by molar-refractivity contribution is -0.139. The van der Waals surface area contributed by atoms with E-state index in [4.69, 9.17) is 9.47 Å². The van der Waals surface area contributed by atoms with Gasteiger partial charge in [0.15, 0.2) is 0 Å². The van der Waals surface area contributed by atoms with Crippen molar-refractivity contribution >= 4 is 28.4 Å². The monoisotopic (exact) mass is 491 g/mol. The van der Waals surface area contributed by atoms with Crippen LogP contribution in [-0.4, -0.2) is 47.2 Å². The van der Waals surface area contributed by atoms with E-state index >= 15 is 0 Å². The Morgan fingerprint density at radius 3 is 2.71 bits per heavy atom. The molecule has 0 aliphatic carbocycles. The number of morpholine rings is 1. The molecule has 2 aliphatic heterocycles. The Kier molecular flexibility index (Phi) is 5.91. The van der Waals surface area contributed by atoms with Gasteiger partial charge in [0.2, 0.25) is 0 Å². The summed E-state index contributed by atoms with van der Waals surface area (Å²) in [7, 11) is 0. The first-order valence-electron chi connectivity index (χ1n) is 11.0. The molecule has 35 heavy (non-hydrogen) atoms. The standard InChI is InChI=1S/C23H21F4N5O3/c1-12-20-15(9-18(29-12)32-4-6-34-11-19(32)33)22-28-10-13-7-14(24)8-16(23(25,26)27)21(13)35-5-2-3-17(30-20)31-22/h7-9H,2-6,10-11H2,1H3,(H,28,30,31). The number of halogens is 4. The van der Waals surface area contributed by atoms with Crippen molar-refractivity contribution in [1.29, 1.82) is 0 Å². The fraction of sp³-hybridized carbons (Fsp3) is 0.391. The van der Waals surface area contributed by atoms with Crippen LogP contribution in [0, 0.1) is 12.7 Å². The fourth-order valence-corrected chi connectivity index (χ4v) is 4.21. The molecule has 2 aromatic heterocycles. The smallest absolute Gasteiger partial charge is 0.420 e. The number of rotatable bonds is 1. The third-order valence-electron chi connectivity index (χ3n) is 5.83. The normalized spacial score (nSPS) is 16.8. The fourth-order valence-electron chi connectivity index (χ4n) is 4.21. The molecule has 12 heteroatoms. The summed E-state index contributed by atoms with van der Waals surface area (Å²) in [5.74, 6) is -0.434. The van der Waals surface area contributed by atoms with Crippen molar-refractivity contribution in [2.75, 3.05) is 36.6 Å². The predicted octanol–water partition coefficient (Wildman–Crippen LogP) is 3.79. The highest BCUT2D eigenvalue weighted by atomic mass is 19.4. The molecule has 0 spiro atoms. The zero-order valence-electron chi connectivity index (χ0n) is 18.7. The maximum atomic E-state index is 14.1. The Hall–Kier alpha value is -3.54. The van der Waals surface area contributed by atoms with Crippen molar-refractivity contribution in [2.24, 2.45) is 0 Å². The van der Waals surface area contributed by atoms with Crippen LogP contribution in [0.15, 0.2) is 18.2 Å². The number of aryl methyl sites for hydroxylation is 2. The minimum atomic E-state index is -4.78. The zero-order valence-corrected chi connectivity index (χ0v) is 18.7. The second-order valence-corrected chi connectivity index (χ2v) is 8.29. The van der Waals surface area contributed by atoms with Crippen LogP contribution < -0.4 is 15.0 Å². The van der Waals surface area contributed by atoms with Gasteiger partial charge in [-0.25, -0.2) is 19.3 Å². The van der Waals surface area contributed by atoms with Crippen molar-refractivity contribution in [2.45, 2.75) is 32.5 Å². The van der Waals surface area contributed by atoms with Crippen molar-refractivity contribution in [3.05, 3.63) is 46.7 Å². The van der Waals surface area contributed by atoms with Gasteiger partial charge in [0.1, 0.15) is 41.2 Å². The van der Waals surface area contributed by atoms with Gasteiger partial charge in [-0.1, -0.05) is 0 Å². The number of hydrogen-bond acceptors (Lipinski definition) is 7. The summed E-state index contributed by atoms with van der Waals surface area (Å²) in [4.78, 5) is 27.6. The van der Waals surface area contributed by atoms with E-state index in [-0.39, 0.29) is 31.2 Å². The number of ether oxygens (including phenoxy) is 2.